The van der Waals surface area contributed by atoms with Gasteiger partial charge in [0, 0.05) is 10.7 Å². The van der Waals surface area contributed by atoms with Gasteiger partial charge >= 0.3 is 0 Å². The zero-order chi connectivity index (χ0) is 16.8. The Morgan fingerprint density at radius 1 is 1.17 bits per heavy atom. The van der Waals surface area contributed by atoms with Crippen LogP contribution in [0, 0.1) is 0 Å². The average Bonchev–Trinajstić information content (AvgIpc) is 2.54. The molecule has 2 atom stereocenters. The average molecular weight is 332 g/mol. The van der Waals surface area contributed by atoms with Crippen molar-refractivity contribution in [2.24, 2.45) is 0 Å². The van der Waals surface area contributed by atoms with E-state index in [1.807, 2.05) is 24.3 Å². The van der Waals surface area contributed by atoms with Crippen LogP contribution in [0.4, 0.5) is 5.69 Å². The lowest BCUT2D eigenvalue weighted by Crippen LogP contribution is -2.30. The number of amides is 1. The van der Waals surface area contributed by atoms with Gasteiger partial charge in [-0.15, -0.1) is 0 Å². The van der Waals surface area contributed by atoms with Crippen LogP contribution < -0.4 is 10.1 Å². The highest BCUT2D eigenvalue weighted by Crippen LogP contribution is 2.27. The van der Waals surface area contributed by atoms with Gasteiger partial charge in [-0.05, 0) is 49.1 Å². The van der Waals surface area contributed by atoms with E-state index in [9.17, 15) is 4.79 Å². The minimum atomic E-state index is -0.613. The van der Waals surface area contributed by atoms with Crippen LogP contribution in [0.1, 0.15) is 38.7 Å². The molecule has 0 saturated heterocycles. The molecule has 0 bridgehead atoms. The van der Waals surface area contributed by atoms with E-state index < -0.39 is 6.10 Å². The van der Waals surface area contributed by atoms with Crippen molar-refractivity contribution in [3.63, 3.8) is 0 Å². The normalized spacial score (nSPS) is 13.2. The number of para-hydroxylation sites is 1. The third kappa shape index (κ3) is 4.73. The highest BCUT2D eigenvalue weighted by atomic mass is 35.5. The van der Waals surface area contributed by atoms with Crippen LogP contribution in [-0.2, 0) is 4.79 Å². The molecule has 0 aliphatic rings. The maximum atomic E-state index is 12.4. The zero-order valence-electron chi connectivity index (χ0n) is 13.7. The number of anilines is 1. The van der Waals surface area contributed by atoms with Gasteiger partial charge in [-0.2, -0.15) is 0 Å². The Bertz CT molecular complexity index is 672. The van der Waals surface area contributed by atoms with Crippen molar-refractivity contribution < 1.29 is 9.53 Å². The first kappa shape index (κ1) is 17.4. The third-order valence-electron chi connectivity index (χ3n) is 3.84. The number of carbonyl (C=O) groups is 1. The SMILES string of the molecule is CC[C@H](C)c1ccccc1NC(=O)[C@H](C)Oc1cccc(Cl)c1. The van der Waals surface area contributed by atoms with Crippen LogP contribution in [-0.4, -0.2) is 12.0 Å². The summed E-state index contributed by atoms with van der Waals surface area (Å²) in [4.78, 5) is 12.4. The number of hydrogen-bond donors (Lipinski definition) is 1. The van der Waals surface area contributed by atoms with E-state index in [1.165, 1.54) is 0 Å². The second-order valence-corrected chi connectivity index (χ2v) is 6.04. The standard InChI is InChI=1S/C19H22ClNO2/c1-4-13(2)17-10-5-6-11-18(17)21-19(22)14(3)23-16-9-7-8-15(20)12-16/h5-14H,4H2,1-3H3,(H,21,22)/t13-,14-/m0/s1. The minimum Gasteiger partial charge on any atom is -0.481 e. The van der Waals surface area contributed by atoms with Gasteiger partial charge in [-0.25, -0.2) is 0 Å². The van der Waals surface area contributed by atoms with Crippen LogP contribution >= 0.6 is 11.6 Å². The van der Waals surface area contributed by atoms with Gasteiger partial charge in [-0.3, -0.25) is 4.79 Å². The van der Waals surface area contributed by atoms with Crippen LogP contribution in [0.25, 0.3) is 0 Å². The van der Waals surface area contributed by atoms with Crippen molar-refractivity contribution in [3.8, 4) is 5.75 Å². The molecule has 0 aromatic heterocycles. The fraction of sp³-hybridized carbons (Fsp3) is 0.316. The Labute approximate surface area is 142 Å². The van der Waals surface area contributed by atoms with Gasteiger partial charge in [0.25, 0.3) is 5.91 Å². The van der Waals surface area contributed by atoms with Crippen molar-refractivity contribution in [1.82, 2.24) is 0 Å². The lowest BCUT2D eigenvalue weighted by atomic mass is 9.97. The van der Waals surface area contributed by atoms with Crippen molar-refractivity contribution in [1.29, 1.82) is 0 Å². The Hall–Kier alpha value is -2.00. The number of carbonyl (C=O) groups excluding carboxylic acids is 1. The second-order valence-electron chi connectivity index (χ2n) is 5.60. The molecule has 122 valence electrons. The highest BCUT2D eigenvalue weighted by Gasteiger charge is 2.17. The quantitative estimate of drug-likeness (QED) is 0.784. The van der Waals surface area contributed by atoms with E-state index in [-0.39, 0.29) is 5.91 Å². The largest absolute Gasteiger partial charge is 0.481 e. The Morgan fingerprint density at radius 3 is 2.61 bits per heavy atom. The van der Waals surface area contributed by atoms with Gasteiger partial charge < -0.3 is 10.1 Å². The minimum absolute atomic E-state index is 0.180. The number of rotatable bonds is 6. The smallest absolute Gasteiger partial charge is 0.265 e. The van der Waals surface area contributed by atoms with Crippen LogP contribution in [0.2, 0.25) is 5.02 Å². The summed E-state index contributed by atoms with van der Waals surface area (Å²) in [6, 6.07) is 14.9. The monoisotopic (exact) mass is 331 g/mol. The number of nitrogens with one attached hydrogen (secondary N) is 1. The lowest BCUT2D eigenvalue weighted by Gasteiger charge is -2.18. The van der Waals surface area contributed by atoms with Crippen molar-refractivity contribution in [3.05, 3.63) is 59.1 Å². The number of ether oxygens (including phenoxy) is 1. The maximum absolute atomic E-state index is 12.4. The fourth-order valence-electron chi connectivity index (χ4n) is 2.29. The van der Waals surface area contributed by atoms with Crippen LogP contribution in [0.15, 0.2) is 48.5 Å². The third-order valence-corrected chi connectivity index (χ3v) is 4.08. The molecule has 2 aromatic carbocycles. The predicted molar refractivity (Wildman–Crippen MR) is 95.3 cm³/mol. The summed E-state index contributed by atoms with van der Waals surface area (Å²) in [6.07, 6.45) is 0.403. The van der Waals surface area contributed by atoms with E-state index in [4.69, 9.17) is 16.3 Å². The van der Waals surface area contributed by atoms with Gasteiger partial charge in [0.05, 0.1) is 0 Å². The van der Waals surface area contributed by atoms with E-state index in [0.29, 0.717) is 16.7 Å². The Morgan fingerprint density at radius 2 is 1.91 bits per heavy atom. The summed E-state index contributed by atoms with van der Waals surface area (Å²) in [5.41, 5.74) is 1.98. The molecule has 3 nitrogen and oxygen atoms in total. The molecule has 0 saturated carbocycles. The fourth-order valence-corrected chi connectivity index (χ4v) is 2.47. The first-order valence-electron chi connectivity index (χ1n) is 7.83. The Kier molecular flexibility index (Phi) is 6.05. The van der Waals surface area contributed by atoms with Gasteiger partial charge in [-0.1, -0.05) is 49.7 Å². The molecule has 0 aliphatic heterocycles. The number of hydrogen-bond acceptors (Lipinski definition) is 2. The maximum Gasteiger partial charge on any atom is 0.265 e. The molecule has 0 aliphatic carbocycles. The highest BCUT2D eigenvalue weighted by molar-refractivity contribution is 6.30. The molecule has 0 fully saturated rings. The molecule has 0 heterocycles. The molecule has 4 heteroatoms. The van der Waals surface area contributed by atoms with Crippen LogP contribution in [0.5, 0.6) is 5.75 Å². The number of benzene rings is 2. The molecule has 1 amide bonds. The van der Waals surface area contributed by atoms with E-state index in [0.717, 1.165) is 17.7 Å². The van der Waals surface area contributed by atoms with E-state index in [2.05, 4.69) is 19.2 Å². The van der Waals surface area contributed by atoms with E-state index >= 15 is 0 Å². The molecule has 0 spiro atoms. The van der Waals surface area contributed by atoms with Crippen molar-refractivity contribution in [2.45, 2.75) is 39.2 Å². The predicted octanol–water partition coefficient (Wildman–Crippen LogP) is 5.26. The molecular formula is C19H22ClNO2. The summed E-state index contributed by atoms with van der Waals surface area (Å²) in [6.45, 7) is 6.01. The molecule has 0 radical (unpaired) electrons. The van der Waals surface area contributed by atoms with Crippen molar-refractivity contribution in [2.75, 3.05) is 5.32 Å². The summed E-state index contributed by atoms with van der Waals surface area (Å²) < 4.78 is 5.66. The lowest BCUT2D eigenvalue weighted by molar-refractivity contribution is -0.122. The zero-order valence-corrected chi connectivity index (χ0v) is 14.4. The molecule has 0 unspecified atom stereocenters. The first-order valence-corrected chi connectivity index (χ1v) is 8.21. The summed E-state index contributed by atoms with van der Waals surface area (Å²) in [5, 5.41) is 3.54. The summed E-state index contributed by atoms with van der Waals surface area (Å²) in [7, 11) is 0. The molecule has 23 heavy (non-hydrogen) atoms. The van der Waals surface area contributed by atoms with Gasteiger partial charge in [0.1, 0.15) is 5.75 Å². The van der Waals surface area contributed by atoms with Crippen LogP contribution in [0.3, 0.4) is 0 Å². The number of halogens is 1. The molecular weight excluding hydrogens is 310 g/mol. The second kappa shape index (κ2) is 8.02. The van der Waals surface area contributed by atoms with E-state index in [1.54, 1.807) is 31.2 Å². The first-order chi connectivity index (χ1) is 11.0. The topological polar surface area (TPSA) is 38.3 Å². The molecule has 1 N–H and O–H groups in total. The van der Waals surface area contributed by atoms with Crippen molar-refractivity contribution >= 4 is 23.2 Å². The summed E-state index contributed by atoms with van der Waals surface area (Å²) >= 11 is 5.93. The molecule has 2 aromatic rings. The van der Waals surface area contributed by atoms with Gasteiger partial charge in [0.15, 0.2) is 6.10 Å². The van der Waals surface area contributed by atoms with Gasteiger partial charge in [0.2, 0.25) is 0 Å². The summed E-state index contributed by atoms with van der Waals surface area (Å²) in [5.74, 6) is 0.784. The Balaban J connectivity index is 2.07. The molecule has 2 rings (SSSR count).